The standard InChI is InChI=1S/C18H22N6O/c1-12-5-13(2)7-16(6-12)24-15(4)8-17(22-24)18(25)21-14(3)9-23-11-19-10-20-23/h5-8,10-11,14H,9H2,1-4H3,(H,21,25)/t14-/m1/s1. The van der Waals surface area contributed by atoms with Gasteiger partial charge in [-0.25, -0.2) is 9.67 Å². The predicted molar refractivity (Wildman–Crippen MR) is 94.7 cm³/mol. The fourth-order valence-electron chi connectivity index (χ4n) is 2.87. The molecule has 3 aromatic rings. The summed E-state index contributed by atoms with van der Waals surface area (Å²) in [6, 6.07) is 7.95. The zero-order valence-corrected chi connectivity index (χ0v) is 14.9. The van der Waals surface area contributed by atoms with Gasteiger partial charge in [-0.15, -0.1) is 0 Å². The number of carbonyl (C=O) groups is 1. The minimum absolute atomic E-state index is 0.0825. The van der Waals surface area contributed by atoms with Crippen molar-refractivity contribution < 1.29 is 4.79 Å². The molecule has 1 amide bonds. The molecule has 0 unspecified atom stereocenters. The molecule has 0 radical (unpaired) electrons. The molecule has 7 heteroatoms. The number of aromatic nitrogens is 5. The van der Waals surface area contributed by atoms with Crippen molar-refractivity contribution in [1.82, 2.24) is 29.9 Å². The van der Waals surface area contributed by atoms with E-state index < -0.39 is 0 Å². The van der Waals surface area contributed by atoms with Gasteiger partial charge in [0, 0.05) is 11.7 Å². The second-order valence-electron chi connectivity index (χ2n) is 6.42. The monoisotopic (exact) mass is 338 g/mol. The highest BCUT2D eigenvalue weighted by atomic mass is 16.2. The molecule has 7 nitrogen and oxygen atoms in total. The first kappa shape index (κ1) is 16.9. The Morgan fingerprint density at radius 3 is 2.52 bits per heavy atom. The molecule has 1 aromatic carbocycles. The van der Waals surface area contributed by atoms with Gasteiger partial charge in [-0.2, -0.15) is 10.2 Å². The Morgan fingerprint density at radius 2 is 1.88 bits per heavy atom. The van der Waals surface area contributed by atoms with Crippen molar-refractivity contribution in [2.45, 2.75) is 40.3 Å². The van der Waals surface area contributed by atoms with E-state index in [1.807, 2.05) is 13.8 Å². The summed E-state index contributed by atoms with van der Waals surface area (Å²) >= 11 is 0. The molecule has 0 bridgehead atoms. The lowest BCUT2D eigenvalue weighted by Crippen LogP contribution is -2.36. The van der Waals surface area contributed by atoms with Crippen molar-refractivity contribution in [3.8, 4) is 5.69 Å². The average molecular weight is 338 g/mol. The second kappa shape index (κ2) is 6.88. The molecule has 0 aliphatic carbocycles. The number of benzene rings is 1. The lowest BCUT2D eigenvalue weighted by molar-refractivity contribution is 0.0930. The average Bonchev–Trinajstić information content (AvgIpc) is 3.15. The van der Waals surface area contributed by atoms with Gasteiger partial charge in [-0.05, 0) is 57.0 Å². The number of hydrogen-bond acceptors (Lipinski definition) is 4. The normalized spacial score (nSPS) is 12.2. The van der Waals surface area contributed by atoms with Crippen LogP contribution < -0.4 is 5.32 Å². The van der Waals surface area contributed by atoms with E-state index in [1.54, 1.807) is 21.8 Å². The summed E-state index contributed by atoms with van der Waals surface area (Å²) in [6.07, 6.45) is 3.10. The third-order valence-electron chi connectivity index (χ3n) is 3.88. The molecule has 0 spiro atoms. The quantitative estimate of drug-likeness (QED) is 0.774. The van der Waals surface area contributed by atoms with E-state index >= 15 is 0 Å². The zero-order chi connectivity index (χ0) is 18.0. The molecule has 2 heterocycles. The topological polar surface area (TPSA) is 77.6 Å². The van der Waals surface area contributed by atoms with Gasteiger partial charge in [0.15, 0.2) is 5.69 Å². The van der Waals surface area contributed by atoms with Gasteiger partial charge in [0.05, 0.1) is 12.2 Å². The number of rotatable bonds is 5. The van der Waals surface area contributed by atoms with Crippen LogP contribution in [0.5, 0.6) is 0 Å². The van der Waals surface area contributed by atoms with Crippen LogP contribution in [0.25, 0.3) is 5.69 Å². The van der Waals surface area contributed by atoms with Crippen LogP contribution in [0.1, 0.15) is 34.2 Å². The van der Waals surface area contributed by atoms with E-state index in [1.165, 1.54) is 6.33 Å². The van der Waals surface area contributed by atoms with E-state index in [0.29, 0.717) is 12.2 Å². The number of hydrogen-bond donors (Lipinski definition) is 1. The van der Waals surface area contributed by atoms with Crippen molar-refractivity contribution in [2.75, 3.05) is 0 Å². The van der Waals surface area contributed by atoms with E-state index in [0.717, 1.165) is 22.5 Å². The van der Waals surface area contributed by atoms with E-state index in [4.69, 9.17) is 0 Å². The summed E-state index contributed by atoms with van der Waals surface area (Å²) in [7, 11) is 0. The molecule has 1 atom stereocenters. The van der Waals surface area contributed by atoms with Crippen LogP contribution in [0.2, 0.25) is 0 Å². The van der Waals surface area contributed by atoms with Crippen LogP contribution in [0, 0.1) is 20.8 Å². The highest BCUT2D eigenvalue weighted by Crippen LogP contribution is 2.16. The van der Waals surface area contributed by atoms with Crippen LogP contribution >= 0.6 is 0 Å². The first-order valence-electron chi connectivity index (χ1n) is 8.21. The lowest BCUT2D eigenvalue weighted by atomic mass is 10.1. The maximum Gasteiger partial charge on any atom is 0.272 e. The van der Waals surface area contributed by atoms with Crippen LogP contribution in [0.3, 0.4) is 0 Å². The van der Waals surface area contributed by atoms with Gasteiger partial charge in [-0.1, -0.05) is 6.07 Å². The van der Waals surface area contributed by atoms with Gasteiger partial charge in [0.1, 0.15) is 12.7 Å². The van der Waals surface area contributed by atoms with Crippen LogP contribution in [-0.2, 0) is 6.54 Å². The first-order chi connectivity index (χ1) is 11.9. The van der Waals surface area contributed by atoms with E-state index in [9.17, 15) is 4.79 Å². The van der Waals surface area contributed by atoms with Crippen LogP contribution in [-0.4, -0.2) is 36.5 Å². The van der Waals surface area contributed by atoms with Gasteiger partial charge >= 0.3 is 0 Å². The van der Waals surface area contributed by atoms with Gasteiger partial charge in [0.25, 0.3) is 5.91 Å². The molecular formula is C18H22N6O. The van der Waals surface area contributed by atoms with E-state index in [-0.39, 0.29) is 11.9 Å². The summed E-state index contributed by atoms with van der Waals surface area (Å²) in [6.45, 7) is 8.53. The minimum atomic E-state index is -0.196. The Hall–Kier alpha value is -2.96. The van der Waals surface area contributed by atoms with E-state index in [2.05, 4.69) is 52.5 Å². The number of aryl methyl sites for hydroxylation is 3. The lowest BCUT2D eigenvalue weighted by Gasteiger charge is -2.12. The molecule has 0 saturated heterocycles. The zero-order valence-electron chi connectivity index (χ0n) is 14.9. The van der Waals surface area contributed by atoms with Gasteiger partial charge < -0.3 is 5.32 Å². The van der Waals surface area contributed by atoms with Crippen LogP contribution in [0.4, 0.5) is 0 Å². The highest BCUT2D eigenvalue weighted by Gasteiger charge is 2.16. The van der Waals surface area contributed by atoms with Gasteiger partial charge in [0.2, 0.25) is 0 Å². The van der Waals surface area contributed by atoms with Crippen molar-refractivity contribution in [2.24, 2.45) is 0 Å². The number of nitrogens with zero attached hydrogens (tertiary/aromatic N) is 5. The molecule has 0 saturated carbocycles. The van der Waals surface area contributed by atoms with Crippen molar-refractivity contribution in [3.63, 3.8) is 0 Å². The fourth-order valence-corrected chi connectivity index (χ4v) is 2.87. The third-order valence-corrected chi connectivity index (χ3v) is 3.88. The smallest absolute Gasteiger partial charge is 0.272 e. The molecule has 0 aliphatic rings. The Kier molecular flexibility index (Phi) is 4.65. The molecule has 0 aliphatic heterocycles. The van der Waals surface area contributed by atoms with Crippen LogP contribution in [0.15, 0.2) is 36.9 Å². The second-order valence-corrected chi connectivity index (χ2v) is 6.42. The first-order valence-corrected chi connectivity index (χ1v) is 8.21. The Bertz CT molecular complexity index is 861. The molecule has 25 heavy (non-hydrogen) atoms. The number of amides is 1. The maximum atomic E-state index is 12.5. The molecule has 1 N–H and O–H groups in total. The van der Waals surface area contributed by atoms with Gasteiger partial charge in [-0.3, -0.25) is 9.48 Å². The molecule has 3 rings (SSSR count). The predicted octanol–water partition coefficient (Wildman–Crippen LogP) is 2.21. The SMILES string of the molecule is Cc1cc(C)cc(-n2nc(C(=O)N[C@H](C)Cn3cncn3)cc2C)c1. The number of nitrogens with one attached hydrogen (secondary N) is 1. The number of carbonyl (C=O) groups excluding carboxylic acids is 1. The summed E-state index contributed by atoms with van der Waals surface area (Å²) in [4.78, 5) is 16.4. The molecular weight excluding hydrogens is 316 g/mol. The summed E-state index contributed by atoms with van der Waals surface area (Å²) in [5.41, 5.74) is 4.61. The summed E-state index contributed by atoms with van der Waals surface area (Å²) in [5, 5.41) is 11.5. The van der Waals surface area contributed by atoms with Crippen molar-refractivity contribution >= 4 is 5.91 Å². The van der Waals surface area contributed by atoms with Crippen molar-refractivity contribution in [1.29, 1.82) is 0 Å². The van der Waals surface area contributed by atoms with Crippen molar-refractivity contribution in [3.05, 3.63) is 59.4 Å². The maximum absolute atomic E-state index is 12.5. The Labute approximate surface area is 146 Å². The summed E-state index contributed by atoms with van der Waals surface area (Å²) in [5.74, 6) is -0.196. The molecule has 0 fully saturated rings. The fraction of sp³-hybridized carbons (Fsp3) is 0.333. The molecule has 2 aromatic heterocycles. The largest absolute Gasteiger partial charge is 0.346 e. The Balaban J connectivity index is 1.76. The highest BCUT2D eigenvalue weighted by molar-refractivity contribution is 5.92. The minimum Gasteiger partial charge on any atom is -0.346 e. The Morgan fingerprint density at radius 1 is 1.16 bits per heavy atom. The molecule has 130 valence electrons. The third kappa shape index (κ3) is 3.93. The summed E-state index contributed by atoms with van der Waals surface area (Å²) < 4.78 is 3.49.